The number of allylic oxidation sites excluding steroid dienone is 1. The second kappa shape index (κ2) is 10.4. The number of ketones is 2. The van der Waals surface area contributed by atoms with Crippen LogP contribution in [0.4, 0.5) is 0 Å². The molecule has 32 heavy (non-hydrogen) atoms. The number of rotatable bonds is 8. The number of hydrogen-bond acceptors (Lipinski definition) is 8. The minimum absolute atomic E-state index is 0.0281. The van der Waals surface area contributed by atoms with Crippen LogP contribution in [-0.2, 0) is 23.9 Å². The van der Waals surface area contributed by atoms with Crippen molar-refractivity contribution in [1.82, 2.24) is 0 Å². The molecular formula is C23H32O9. The maximum atomic E-state index is 13.1. The van der Waals surface area contributed by atoms with E-state index in [0.29, 0.717) is 18.3 Å². The first kappa shape index (κ1) is 25.7. The predicted molar refractivity (Wildman–Crippen MR) is 112 cm³/mol. The smallest absolute Gasteiger partial charge is 0.328 e. The zero-order chi connectivity index (χ0) is 24.2. The predicted octanol–water partition coefficient (Wildman–Crippen LogP) is 1.57. The lowest BCUT2D eigenvalue weighted by molar-refractivity contribution is -0.175. The van der Waals surface area contributed by atoms with Crippen LogP contribution in [0.25, 0.3) is 0 Å². The molecule has 0 radical (unpaired) electrons. The van der Waals surface area contributed by atoms with Gasteiger partial charge in [-0.2, -0.15) is 0 Å². The molecule has 2 aliphatic rings. The summed E-state index contributed by atoms with van der Waals surface area (Å²) >= 11 is 0. The quantitative estimate of drug-likeness (QED) is 0.244. The largest absolute Gasteiger partial charge is 0.515 e. The molecule has 7 unspecified atom stereocenters. The SMILES string of the molecule is C/C(=C\C(=O)O)CC(=O)OCCC1C(O)C(=O)C2CC(O)CC(C)C2C1(C)C(=O)/C=C\O. The molecule has 9 nitrogen and oxygen atoms in total. The molecule has 0 heterocycles. The standard InChI is InChI=1S/C23H32O9/c1-12(8-18(27)28)9-19(29)32-7-5-16-22(31)21(30)15-11-14(25)10-13(2)20(15)23(16,3)17(26)4-6-24/h4,6,8,13-16,20,22,24-25,31H,5,7,9-11H2,1-3H3,(H,27,28)/b6-4-,12-8+. The molecule has 9 heteroatoms. The Balaban J connectivity index is 2.25. The van der Waals surface area contributed by atoms with Gasteiger partial charge in [-0.3, -0.25) is 14.4 Å². The van der Waals surface area contributed by atoms with Crippen LogP contribution in [0.3, 0.4) is 0 Å². The van der Waals surface area contributed by atoms with Crippen LogP contribution in [0, 0.1) is 29.1 Å². The number of aliphatic carboxylic acids is 1. The van der Waals surface area contributed by atoms with Gasteiger partial charge in [0.15, 0.2) is 11.6 Å². The maximum Gasteiger partial charge on any atom is 0.328 e. The van der Waals surface area contributed by atoms with Gasteiger partial charge in [0, 0.05) is 29.4 Å². The van der Waals surface area contributed by atoms with Crippen molar-refractivity contribution in [3.8, 4) is 0 Å². The number of carbonyl (C=O) groups is 4. The van der Waals surface area contributed by atoms with Crippen molar-refractivity contribution in [1.29, 1.82) is 0 Å². The van der Waals surface area contributed by atoms with Gasteiger partial charge < -0.3 is 25.2 Å². The van der Waals surface area contributed by atoms with E-state index in [2.05, 4.69) is 0 Å². The molecule has 2 saturated carbocycles. The van der Waals surface area contributed by atoms with E-state index >= 15 is 0 Å². The van der Waals surface area contributed by atoms with Gasteiger partial charge in [0.25, 0.3) is 0 Å². The molecule has 2 fully saturated rings. The van der Waals surface area contributed by atoms with Gasteiger partial charge in [-0.1, -0.05) is 19.4 Å². The van der Waals surface area contributed by atoms with Crippen LogP contribution in [0.2, 0.25) is 0 Å². The van der Waals surface area contributed by atoms with Crippen LogP contribution >= 0.6 is 0 Å². The van der Waals surface area contributed by atoms with Crippen LogP contribution < -0.4 is 0 Å². The number of carboxylic acid groups (broad SMARTS) is 1. The third-order valence-corrected chi connectivity index (χ3v) is 6.96. The number of carbonyl (C=O) groups excluding carboxylic acids is 3. The summed E-state index contributed by atoms with van der Waals surface area (Å²) in [5.74, 6) is -4.90. The van der Waals surface area contributed by atoms with Crippen molar-refractivity contribution in [3.05, 3.63) is 24.0 Å². The van der Waals surface area contributed by atoms with E-state index in [4.69, 9.17) is 9.84 Å². The number of Topliss-reactive ketones (excluding diaryl/α,β-unsaturated/α-hetero) is 1. The lowest BCUT2D eigenvalue weighted by Gasteiger charge is -2.55. The first-order chi connectivity index (χ1) is 14.9. The summed E-state index contributed by atoms with van der Waals surface area (Å²) in [6.45, 7) is 4.82. The third kappa shape index (κ3) is 5.27. The highest BCUT2D eigenvalue weighted by molar-refractivity contribution is 5.98. The molecule has 0 saturated heterocycles. The zero-order valence-electron chi connectivity index (χ0n) is 18.6. The lowest BCUT2D eigenvalue weighted by Crippen LogP contribution is -2.62. The van der Waals surface area contributed by atoms with Crippen molar-refractivity contribution in [2.75, 3.05) is 6.61 Å². The Labute approximate surface area is 186 Å². The molecule has 2 aliphatic carbocycles. The Morgan fingerprint density at radius 1 is 1.22 bits per heavy atom. The summed E-state index contributed by atoms with van der Waals surface area (Å²) in [7, 11) is 0. The fourth-order valence-corrected chi connectivity index (χ4v) is 5.70. The highest BCUT2D eigenvalue weighted by Crippen LogP contribution is 2.56. The van der Waals surface area contributed by atoms with Gasteiger partial charge >= 0.3 is 11.9 Å². The molecule has 178 valence electrons. The fraction of sp³-hybridized carbons (Fsp3) is 0.652. The van der Waals surface area contributed by atoms with E-state index in [9.17, 15) is 34.5 Å². The van der Waals surface area contributed by atoms with E-state index in [1.54, 1.807) is 6.92 Å². The zero-order valence-corrected chi connectivity index (χ0v) is 18.6. The van der Waals surface area contributed by atoms with E-state index in [0.717, 1.165) is 12.2 Å². The average molecular weight is 453 g/mol. The van der Waals surface area contributed by atoms with Gasteiger partial charge in [-0.25, -0.2) is 4.79 Å². The molecule has 7 atom stereocenters. The Bertz CT molecular complexity index is 814. The Morgan fingerprint density at radius 2 is 1.88 bits per heavy atom. The van der Waals surface area contributed by atoms with Crippen molar-refractivity contribution in [2.45, 2.75) is 58.7 Å². The second-order valence-electron chi connectivity index (χ2n) is 9.17. The summed E-state index contributed by atoms with van der Waals surface area (Å²) in [5.41, 5.74) is -0.914. The summed E-state index contributed by atoms with van der Waals surface area (Å²) in [6.07, 6.45) is 0.735. The first-order valence-corrected chi connectivity index (χ1v) is 10.7. The molecule has 0 amide bonds. The number of carboxylic acids is 1. The van der Waals surface area contributed by atoms with Crippen LogP contribution in [-0.4, -0.2) is 62.7 Å². The van der Waals surface area contributed by atoms with Crippen molar-refractivity contribution < 1.29 is 44.3 Å². The minimum atomic E-state index is -1.48. The van der Waals surface area contributed by atoms with Crippen LogP contribution in [0.15, 0.2) is 24.0 Å². The number of esters is 1. The number of fused-ring (bicyclic) bond motifs is 1. The van der Waals surface area contributed by atoms with Gasteiger partial charge in [0.05, 0.1) is 25.4 Å². The van der Waals surface area contributed by atoms with Crippen LogP contribution in [0.5, 0.6) is 0 Å². The van der Waals surface area contributed by atoms with Gasteiger partial charge in [-0.15, -0.1) is 0 Å². The molecule has 4 N–H and O–H groups in total. The Hall–Kier alpha value is -2.52. The summed E-state index contributed by atoms with van der Waals surface area (Å²) in [4.78, 5) is 48.8. The Kier molecular flexibility index (Phi) is 8.36. The monoisotopic (exact) mass is 452 g/mol. The normalized spacial score (nSPS) is 35.4. The lowest BCUT2D eigenvalue weighted by atomic mass is 9.48. The molecule has 0 spiro atoms. The van der Waals surface area contributed by atoms with Gasteiger partial charge in [0.2, 0.25) is 0 Å². The highest BCUT2D eigenvalue weighted by Gasteiger charge is 2.61. The van der Waals surface area contributed by atoms with Crippen molar-refractivity contribution in [3.63, 3.8) is 0 Å². The topological polar surface area (TPSA) is 158 Å². The summed E-state index contributed by atoms with van der Waals surface area (Å²) in [6, 6.07) is 0. The molecule has 0 aliphatic heterocycles. The maximum absolute atomic E-state index is 13.1. The molecule has 0 aromatic rings. The number of aliphatic hydroxyl groups is 3. The average Bonchev–Trinajstić information content (AvgIpc) is 2.67. The molecule has 0 aromatic heterocycles. The van der Waals surface area contributed by atoms with Gasteiger partial charge in [-0.05, 0) is 38.0 Å². The number of hydrogen-bond donors (Lipinski definition) is 4. The fourth-order valence-electron chi connectivity index (χ4n) is 5.70. The third-order valence-electron chi connectivity index (χ3n) is 6.96. The highest BCUT2D eigenvalue weighted by atomic mass is 16.5. The van der Waals surface area contributed by atoms with E-state index in [1.165, 1.54) is 6.92 Å². The summed E-state index contributed by atoms with van der Waals surface area (Å²) < 4.78 is 5.18. The second-order valence-corrected chi connectivity index (χ2v) is 9.17. The molecule has 0 bridgehead atoms. The Morgan fingerprint density at radius 3 is 2.47 bits per heavy atom. The molecule has 0 aromatic carbocycles. The van der Waals surface area contributed by atoms with Crippen molar-refractivity contribution in [2.24, 2.45) is 29.1 Å². The van der Waals surface area contributed by atoms with E-state index < -0.39 is 58.9 Å². The molecule has 2 rings (SSSR count). The number of ether oxygens (including phenoxy) is 1. The van der Waals surface area contributed by atoms with E-state index in [-0.39, 0.29) is 31.8 Å². The van der Waals surface area contributed by atoms with Crippen molar-refractivity contribution >= 4 is 23.5 Å². The summed E-state index contributed by atoms with van der Waals surface area (Å²) in [5, 5.41) is 38.9. The van der Waals surface area contributed by atoms with Crippen LogP contribution in [0.1, 0.15) is 46.5 Å². The number of aliphatic hydroxyl groups excluding tert-OH is 3. The first-order valence-electron chi connectivity index (χ1n) is 10.7. The van der Waals surface area contributed by atoms with Gasteiger partial charge in [0.1, 0.15) is 6.10 Å². The molecular weight excluding hydrogens is 420 g/mol. The van der Waals surface area contributed by atoms with E-state index in [1.807, 2.05) is 6.92 Å². The minimum Gasteiger partial charge on any atom is -0.515 e.